The maximum atomic E-state index is 9.35. The zero-order valence-electron chi connectivity index (χ0n) is 7.62. The smallest absolute Gasteiger partial charge is 0.0597 e. The third-order valence-corrected chi connectivity index (χ3v) is 1.74. The summed E-state index contributed by atoms with van der Waals surface area (Å²) in [5, 5.41) is 9.35. The van der Waals surface area contributed by atoms with Crippen LogP contribution in [0, 0.1) is 5.92 Å². The minimum absolute atomic E-state index is 0.198. The predicted octanol–water partition coefficient (Wildman–Crippen LogP) is 2.53. The van der Waals surface area contributed by atoms with Crippen molar-refractivity contribution in [1.29, 1.82) is 0 Å². The Labute approximate surface area is 69.4 Å². The van der Waals surface area contributed by atoms with Crippen LogP contribution in [0.15, 0.2) is 24.3 Å². The Balaban J connectivity index is 3.75. The van der Waals surface area contributed by atoms with Gasteiger partial charge in [-0.1, -0.05) is 38.2 Å². The average Bonchev–Trinajstić information content (AvgIpc) is 2.03. The summed E-state index contributed by atoms with van der Waals surface area (Å²) in [5.74, 6) is 0.260. The molecule has 2 unspecified atom stereocenters. The van der Waals surface area contributed by atoms with Crippen molar-refractivity contribution in [3.8, 4) is 0 Å². The second-order valence-corrected chi connectivity index (χ2v) is 2.75. The SMILES string of the molecule is C/C=C\C=C/C(C)C(O)CC. The number of rotatable bonds is 4. The van der Waals surface area contributed by atoms with E-state index in [1.54, 1.807) is 0 Å². The predicted molar refractivity (Wildman–Crippen MR) is 49.4 cm³/mol. The molecule has 1 heteroatoms. The van der Waals surface area contributed by atoms with E-state index >= 15 is 0 Å². The van der Waals surface area contributed by atoms with E-state index in [1.165, 1.54) is 0 Å². The molecule has 0 saturated heterocycles. The van der Waals surface area contributed by atoms with Gasteiger partial charge in [0.25, 0.3) is 0 Å². The molecule has 2 atom stereocenters. The van der Waals surface area contributed by atoms with Gasteiger partial charge in [-0.3, -0.25) is 0 Å². The highest BCUT2D eigenvalue weighted by molar-refractivity contribution is 5.03. The third kappa shape index (κ3) is 4.79. The first-order valence-corrected chi connectivity index (χ1v) is 4.19. The lowest BCUT2D eigenvalue weighted by molar-refractivity contribution is 0.134. The fraction of sp³-hybridized carbons (Fsp3) is 0.600. The van der Waals surface area contributed by atoms with Crippen LogP contribution in [-0.4, -0.2) is 11.2 Å². The molecule has 0 aromatic carbocycles. The van der Waals surface area contributed by atoms with E-state index in [1.807, 2.05) is 45.1 Å². The standard InChI is InChI=1S/C10H18O/c1-4-6-7-8-9(3)10(11)5-2/h4,6-11H,5H2,1-3H3/b6-4-,8-7-. The van der Waals surface area contributed by atoms with Gasteiger partial charge in [-0.05, 0) is 13.3 Å². The molecule has 0 aliphatic rings. The summed E-state index contributed by atoms with van der Waals surface area (Å²) in [6.07, 6.45) is 8.57. The van der Waals surface area contributed by atoms with Crippen molar-refractivity contribution in [2.24, 2.45) is 5.92 Å². The lowest BCUT2D eigenvalue weighted by Crippen LogP contribution is -2.13. The Morgan fingerprint density at radius 2 is 2.00 bits per heavy atom. The van der Waals surface area contributed by atoms with Crippen LogP contribution in [0.1, 0.15) is 27.2 Å². The molecule has 0 aliphatic carbocycles. The normalized spacial score (nSPS) is 17.8. The lowest BCUT2D eigenvalue weighted by Gasteiger charge is -2.11. The highest BCUT2D eigenvalue weighted by atomic mass is 16.3. The van der Waals surface area contributed by atoms with Gasteiger partial charge in [-0.15, -0.1) is 0 Å². The zero-order chi connectivity index (χ0) is 8.69. The Morgan fingerprint density at radius 1 is 1.36 bits per heavy atom. The summed E-state index contributed by atoms with van der Waals surface area (Å²) in [5.41, 5.74) is 0. The number of hydrogen-bond donors (Lipinski definition) is 1. The number of aliphatic hydroxyl groups is 1. The van der Waals surface area contributed by atoms with Crippen molar-refractivity contribution in [3.05, 3.63) is 24.3 Å². The summed E-state index contributed by atoms with van der Waals surface area (Å²) >= 11 is 0. The molecule has 0 aromatic heterocycles. The van der Waals surface area contributed by atoms with Crippen LogP contribution in [0.5, 0.6) is 0 Å². The molecule has 0 aromatic rings. The van der Waals surface area contributed by atoms with E-state index in [0.717, 1.165) is 6.42 Å². The van der Waals surface area contributed by atoms with E-state index < -0.39 is 0 Å². The second kappa shape index (κ2) is 6.17. The Morgan fingerprint density at radius 3 is 2.45 bits per heavy atom. The van der Waals surface area contributed by atoms with Crippen LogP contribution >= 0.6 is 0 Å². The minimum atomic E-state index is -0.198. The molecule has 1 N–H and O–H groups in total. The van der Waals surface area contributed by atoms with Gasteiger partial charge in [0, 0.05) is 5.92 Å². The van der Waals surface area contributed by atoms with Crippen LogP contribution < -0.4 is 0 Å². The topological polar surface area (TPSA) is 20.2 Å². The maximum absolute atomic E-state index is 9.35. The van der Waals surface area contributed by atoms with E-state index in [-0.39, 0.29) is 12.0 Å². The van der Waals surface area contributed by atoms with Crippen LogP contribution in [0.3, 0.4) is 0 Å². The molecule has 1 nitrogen and oxygen atoms in total. The Kier molecular flexibility index (Phi) is 5.86. The van der Waals surface area contributed by atoms with Crippen molar-refractivity contribution in [2.45, 2.75) is 33.3 Å². The van der Waals surface area contributed by atoms with Crippen LogP contribution in [0.2, 0.25) is 0 Å². The first-order valence-electron chi connectivity index (χ1n) is 4.19. The summed E-state index contributed by atoms with van der Waals surface area (Å²) < 4.78 is 0. The average molecular weight is 154 g/mol. The number of aliphatic hydroxyl groups excluding tert-OH is 1. The molecule has 0 radical (unpaired) electrons. The fourth-order valence-electron chi connectivity index (χ4n) is 0.851. The van der Waals surface area contributed by atoms with Crippen molar-refractivity contribution in [3.63, 3.8) is 0 Å². The summed E-state index contributed by atoms with van der Waals surface area (Å²) in [4.78, 5) is 0. The summed E-state index contributed by atoms with van der Waals surface area (Å²) in [6.45, 7) is 5.99. The van der Waals surface area contributed by atoms with Gasteiger partial charge < -0.3 is 5.11 Å². The van der Waals surface area contributed by atoms with Crippen molar-refractivity contribution < 1.29 is 5.11 Å². The minimum Gasteiger partial charge on any atom is -0.393 e. The van der Waals surface area contributed by atoms with Gasteiger partial charge in [-0.2, -0.15) is 0 Å². The number of allylic oxidation sites excluding steroid dienone is 3. The van der Waals surface area contributed by atoms with Gasteiger partial charge in [0.1, 0.15) is 0 Å². The van der Waals surface area contributed by atoms with Crippen LogP contribution in [0.4, 0.5) is 0 Å². The van der Waals surface area contributed by atoms with E-state index in [4.69, 9.17) is 0 Å². The highest BCUT2D eigenvalue weighted by Gasteiger charge is 2.06. The first-order chi connectivity index (χ1) is 5.22. The van der Waals surface area contributed by atoms with E-state index in [9.17, 15) is 5.11 Å². The molecule has 0 heterocycles. The van der Waals surface area contributed by atoms with Crippen LogP contribution in [0.25, 0.3) is 0 Å². The lowest BCUT2D eigenvalue weighted by atomic mass is 10.0. The monoisotopic (exact) mass is 154 g/mol. The van der Waals surface area contributed by atoms with Crippen molar-refractivity contribution >= 4 is 0 Å². The molecule has 11 heavy (non-hydrogen) atoms. The molecule has 64 valence electrons. The molecule has 0 fully saturated rings. The largest absolute Gasteiger partial charge is 0.393 e. The fourth-order valence-corrected chi connectivity index (χ4v) is 0.851. The van der Waals surface area contributed by atoms with Gasteiger partial charge in [-0.25, -0.2) is 0 Å². The van der Waals surface area contributed by atoms with E-state index in [2.05, 4.69) is 0 Å². The van der Waals surface area contributed by atoms with Gasteiger partial charge in [0.15, 0.2) is 0 Å². The van der Waals surface area contributed by atoms with Gasteiger partial charge >= 0.3 is 0 Å². The molecular weight excluding hydrogens is 136 g/mol. The quantitative estimate of drug-likeness (QED) is 0.617. The van der Waals surface area contributed by atoms with E-state index in [0.29, 0.717) is 0 Å². The maximum Gasteiger partial charge on any atom is 0.0597 e. The molecule has 0 aliphatic heterocycles. The Hall–Kier alpha value is -0.560. The van der Waals surface area contributed by atoms with Crippen molar-refractivity contribution in [2.75, 3.05) is 0 Å². The highest BCUT2D eigenvalue weighted by Crippen LogP contribution is 2.07. The summed E-state index contributed by atoms with van der Waals surface area (Å²) in [7, 11) is 0. The Bertz CT molecular complexity index is 136. The molecule has 0 spiro atoms. The molecule has 0 saturated carbocycles. The molecule has 0 rings (SSSR count). The van der Waals surface area contributed by atoms with Crippen molar-refractivity contribution in [1.82, 2.24) is 0 Å². The molecule has 0 bridgehead atoms. The molecule has 0 amide bonds. The first kappa shape index (κ1) is 10.4. The molecular formula is C10H18O. The summed E-state index contributed by atoms with van der Waals surface area (Å²) in [6, 6.07) is 0. The second-order valence-electron chi connectivity index (χ2n) is 2.75. The zero-order valence-corrected chi connectivity index (χ0v) is 7.62. The van der Waals surface area contributed by atoms with Gasteiger partial charge in [0.05, 0.1) is 6.10 Å². The number of hydrogen-bond acceptors (Lipinski definition) is 1. The third-order valence-electron chi connectivity index (χ3n) is 1.74. The van der Waals surface area contributed by atoms with Gasteiger partial charge in [0.2, 0.25) is 0 Å². The van der Waals surface area contributed by atoms with Crippen LogP contribution in [-0.2, 0) is 0 Å².